The molecule has 2 heterocycles. The molecule has 8 heteroatoms. The van der Waals surface area contributed by atoms with E-state index in [4.69, 9.17) is 5.73 Å². The molecule has 0 aliphatic heterocycles. The minimum absolute atomic E-state index is 0.0858. The van der Waals surface area contributed by atoms with Gasteiger partial charge in [-0.2, -0.15) is 4.98 Å². The number of nitrogens with zero attached hydrogens (tertiary/aromatic N) is 5. The van der Waals surface area contributed by atoms with Crippen LogP contribution in [0, 0.1) is 0 Å². The van der Waals surface area contributed by atoms with Crippen molar-refractivity contribution in [3.05, 3.63) is 42.2 Å². The Balaban J connectivity index is 1.76. The second-order valence-corrected chi connectivity index (χ2v) is 5.49. The highest BCUT2D eigenvalue weighted by Crippen LogP contribution is 2.31. The van der Waals surface area contributed by atoms with Gasteiger partial charge in [-0.25, -0.2) is 9.78 Å². The van der Waals surface area contributed by atoms with Gasteiger partial charge >= 0.3 is 0 Å². The summed E-state index contributed by atoms with van der Waals surface area (Å²) in [4.78, 5) is 4.06. The molecule has 2 aromatic heterocycles. The van der Waals surface area contributed by atoms with Crippen LogP contribution in [0.15, 0.2) is 41.7 Å². The van der Waals surface area contributed by atoms with E-state index in [0.717, 1.165) is 11.4 Å². The first-order valence-electron chi connectivity index (χ1n) is 6.04. The largest absolute Gasteiger partial charge is 0.368 e. The monoisotopic (exact) mass is 287 g/mol. The van der Waals surface area contributed by atoms with Crippen LogP contribution in [0.25, 0.3) is 5.69 Å². The van der Waals surface area contributed by atoms with Gasteiger partial charge < -0.3 is 5.73 Å². The van der Waals surface area contributed by atoms with Crippen molar-refractivity contribution >= 4 is 17.7 Å². The number of hydrogen-bond donors (Lipinski definition) is 2. The molecule has 0 aliphatic rings. The molecule has 0 bridgehead atoms. The topological polar surface area (TPSA) is 98.3 Å². The molecule has 0 radical (unpaired) electrons. The van der Waals surface area contributed by atoms with Gasteiger partial charge in [-0.1, -0.05) is 35.2 Å². The quantitative estimate of drug-likeness (QED) is 0.710. The minimum atomic E-state index is 0.0858. The van der Waals surface area contributed by atoms with Crippen LogP contribution in [0.3, 0.4) is 0 Å². The van der Waals surface area contributed by atoms with Gasteiger partial charge in [0.1, 0.15) is 0 Å². The summed E-state index contributed by atoms with van der Waals surface area (Å²) in [6, 6.07) is 9.85. The van der Waals surface area contributed by atoms with Gasteiger partial charge in [0.05, 0.1) is 22.8 Å². The Morgan fingerprint density at radius 1 is 1.30 bits per heavy atom. The number of nitrogen functional groups attached to an aromatic ring is 1. The van der Waals surface area contributed by atoms with Gasteiger partial charge in [-0.3, -0.25) is 0 Å². The molecule has 0 spiro atoms. The van der Waals surface area contributed by atoms with Gasteiger partial charge in [0.2, 0.25) is 11.1 Å². The van der Waals surface area contributed by atoms with Gasteiger partial charge in [0, 0.05) is 0 Å². The number of benzene rings is 1. The molecule has 102 valence electrons. The first-order chi connectivity index (χ1) is 9.72. The molecule has 1 atom stereocenters. The molecule has 0 saturated heterocycles. The third kappa shape index (κ3) is 2.64. The van der Waals surface area contributed by atoms with E-state index in [-0.39, 0.29) is 5.25 Å². The van der Waals surface area contributed by atoms with Crippen LogP contribution < -0.4 is 5.73 Å². The van der Waals surface area contributed by atoms with Crippen molar-refractivity contribution in [2.45, 2.75) is 17.3 Å². The number of thioether (sulfide) groups is 1. The lowest BCUT2D eigenvalue weighted by Crippen LogP contribution is -1.93. The number of aromatic amines is 1. The molecule has 0 aliphatic carbocycles. The zero-order chi connectivity index (χ0) is 13.9. The van der Waals surface area contributed by atoms with Gasteiger partial charge in [0.15, 0.2) is 0 Å². The van der Waals surface area contributed by atoms with Crippen LogP contribution in [-0.2, 0) is 0 Å². The molecule has 0 amide bonds. The van der Waals surface area contributed by atoms with Crippen molar-refractivity contribution in [1.29, 1.82) is 0 Å². The van der Waals surface area contributed by atoms with Crippen molar-refractivity contribution < 1.29 is 0 Å². The van der Waals surface area contributed by atoms with Gasteiger partial charge in [-0.15, -0.1) is 10.2 Å². The van der Waals surface area contributed by atoms with Gasteiger partial charge in [-0.05, 0) is 19.1 Å². The van der Waals surface area contributed by atoms with E-state index in [1.807, 2.05) is 43.5 Å². The summed E-state index contributed by atoms with van der Waals surface area (Å²) in [5.41, 5.74) is 7.34. The second-order valence-electron chi connectivity index (χ2n) is 4.19. The number of rotatable bonds is 4. The molecule has 0 saturated carbocycles. The van der Waals surface area contributed by atoms with E-state index in [2.05, 4.69) is 25.5 Å². The Hall–Kier alpha value is -2.35. The minimum Gasteiger partial charge on any atom is -0.368 e. The van der Waals surface area contributed by atoms with Crippen LogP contribution in [0.2, 0.25) is 0 Å². The lowest BCUT2D eigenvalue weighted by Gasteiger charge is -2.03. The predicted octanol–water partition coefficient (Wildman–Crippen LogP) is 1.82. The first-order valence-corrected chi connectivity index (χ1v) is 6.92. The van der Waals surface area contributed by atoms with Crippen molar-refractivity contribution in [2.24, 2.45) is 0 Å². The van der Waals surface area contributed by atoms with E-state index in [1.54, 1.807) is 4.68 Å². The van der Waals surface area contributed by atoms with Crippen molar-refractivity contribution in [3.63, 3.8) is 0 Å². The van der Waals surface area contributed by atoms with E-state index in [9.17, 15) is 0 Å². The zero-order valence-corrected chi connectivity index (χ0v) is 11.6. The fraction of sp³-hybridized carbons (Fsp3) is 0.167. The number of aromatic nitrogens is 6. The summed E-state index contributed by atoms with van der Waals surface area (Å²) in [7, 11) is 0. The molecule has 3 aromatic rings. The number of nitrogens with two attached hydrogens (primary N) is 1. The maximum absolute atomic E-state index is 5.50. The van der Waals surface area contributed by atoms with Crippen molar-refractivity contribution in [3.8, 4) is 5.69 Å². The Labute approximate surface area is 119 Å². The number of anilines is 1. The number of H-pyrrole nitrogens is 1. The SMILES string of the molecule is C[C@H](Sc1n[nH]c(N)n1)c1cn(-c2ccccc2)nn1. The van der Waals surface area contributed by atoms with Crippen LogP contribution >= 0.6 is 11.8 Å². The molecular weight excluding hydrogens is 274 g/mol. The summed E-state index contributed by atoms with van der Waals surface area (Å²) < 4.78 is 1.75. The Bertz CT molecular complexity index is 691. The zero-order valence-electron chi connectivity index (χ0n) is 10.8. The molecule has 20 heavy (non-hydrogen) atoms. The molecular formula is C12H13N7S. The molecule has 3 N–H and O–H groups in total. The third-order valence-corrected chi connectivity index (χ3v) is 3.70. The Kier molecular flexibility index (Phi) is 3.38. The number of para-hydroxylation sites is 1. The summed E-state index contributed by atoms with van der Waals surface area (Å²) in [6.07, 6.45) is 1.91. The van der Waals surface area contributed by atoms with Crippen LogP contribution in [0.4, 0.5) is 5.95 Å². The summed E-state index contributed by atoms with van der Waals surface area (Å²) in [6.45, 7) is 2.02. The van der Waals surface area contributed by atoms with Crippen LogP contribution in [-0.4, -0.2) is 30.2 Å². The number of nitrogens with one attached hydrogen (secondary N) is 1. The lowest BCUT2D eigenvalue weighted by molar-refractivity contribution is 0.797. The van der Waals surface area contributed by atoms with E-state index in [1.165, 1.54) is 11.8 Å². The van der Waals surface area contributed by atoms with E-state index < -0.39 is 0 Å². The standard InChI is InChI=1S/C12H13N7S/c1-8(20-12-14-11(13)16-17-12)10-7-19(18-15-10)9-5-3-2-4-6-9/h2-8H,1H3,(H3,13,14,16,17)/t8-/m0/s1. The predicted molar refractivity (Wildman–Crippen MR) is 76.4 cm³/mol. The Morgan fingerprint density at radius 2 is 2.10 bits per heavy atom. The summed E-state index contributed by atoms with van der Waals surface area (Å²) >= 11 is 1.48. The average Bonchev–Trinajstić information content (AvgIpc) is 3.09. The van der Waals surface area contributed by atoms with Gasteiger partial charge in [0.25, 0.3) is 0 Å². The highest BCUT2D eigenvalue weighted by molar-refractivity contribution is 7.99. The third-order valence-electron chi connectivity index (χ3n) is 2.71. The molecule has 3 rings (SSSR count). The fourth-order valence-corrected chi connectivity index (χ4v) is 2.49. The smallest absolute Gasteiger partial charge is 0.216 e. The summed E-state index contributed by atoms with van der Waals surface area (Å²) in [5.74, 6) is 0.313. The molecule has 0 fully saturated rings. The number of hydrogen-bond acceptors (Lipinski definition) is 6. The normalized spacial score (nSPS) is 12.4. The van der Waals surface area contributed by atoms with Crippen LogP contribution in [0.1, 0.15) is 17.9 Å². The Morgan fingerprint density at radius 3 is 2.80 bits per heavy atom. The summed E-state index contributed by atoms with van der Waals surface area (Å²) in [5, 5.41) is 15.6. The van der Waals surface area contributed by atoms with Crippen molar-refractivity contribution in [2.75, 3.05) is 5.73 Å². The lowest BCUT2D eigenvalue weighted by atomic mass is 10.3. The second kappa shape index (κ2) is 5.33. The van der Waals surface area contributed by atoms with Crippen molar-refractivity contribution in [1.82, 2.24) is 30.2 Å². The average molecular weight is 287 g/mol. The maximum atomic E-state index is 5.50. The maximum Gasteiger partial charge on any atom is 0.216 e. The van der Waals surface area contributed by atoms with Crippen LogP contribution in [0.5, 0.6) is 0 Å². The van der Waals surface area contributed by atoms with E-state index >= 15 is 0 Å². The molecule has 7 nitrogen and oxygen atoms in total. The highest BCUT2D eigenvalue weighted by atomic mass is 32.2. The molecule has 0 unspecified atom stereocenters. The fourth-order valence-electron chi connectivity index (χ4n) is 1.70. The highest BCUT2D eigenvalue weighted by Gasteiger charge is 2.14. The molecule has 1 aromatic carbocycles. The first kappa shape index (κ1) is 12.7. The van der Waals surface area contributed by atoms with E-state index in [0.29, 0.717) is 11.1 Å².